The zero-order chi connectivity index (χ0) is 15.1. The molecule has 7 heteroatoms. The summed E-state index contributed by atoms with van der Waals surface area (Å²) in [5, 5.41) is 51.1. The molecule has 0 radical (unpaired) electrons. The third-order valence-electron chi connectivity index (χ3n) is 2.82. The fourth-order valence-corrected chi connectivity index (χ4v) is 1.79. The number of aromatic hydroxyl groups is 1. The van der Waals surface area contributed by atoms with Crippen LogP contribution < -0.4 is 10.6 Å². The molecule has 0 heterocycles. The zero-order valence-corrected chi connectivity index (χ0v) is 11.3. The predicted octanol–water partition coefficient (Wildman–Crippen LogP) is -1.25. The first kappa shape index (κ1) is 16.8. The molecule has 0 aliphatic carbocycles. The quantitative estimate of drug-likeness (QED) is 0.298. The van der Waals surface area contributed by atoms with E-state index in [2.05, 4.69) is 10.6 Å². The Labute approximate surface area is 117 Å². The molecule has 0 fully saturated rings. The molecule has 0 aliphatic rings. The summed E-state index contributed by atoms with van der Waals surface area (Å²) in [5.74, 6) is 0.0343. The van der Waals surface area contributed by atoms with E-state index in [4.69, 9.17) is 20.4 Å². The maximum absolute atomic E-state index is 9.90. The van der Waals surface area contributed by atoms with E-state index in [9.17, 15) is 5.11 Å². The minimum Gasteiger partial charge on any atom is -0.508 e. The summed E-state index contributed by atoms with van der Waals surface area (Å²) in [4.78, 5) is 0. The summed E-state index contributed by atoms with van der Waals surface area (Å²) >= 11 is 0. The molecule has 0 unspecified atom stereocenters. The number of nitrogens with one attached hydrogen (secondary N) is 2. The first-order chi connectivity index (χ1) is 9.43. The maximum atomic E-state index is 9.90. The monoisotopic (exact) mass is 286 g/mol. The van der Waals surface area contributed by atoms with Crippen LogP contribution in [0.2, 0.25) is 0 Å². The van der Waals surface area contributed by atoms with Crippen molar-refractivity contribution in [3.8, 4) is 5.75 Å². The van der Waals surface area contributed by atoms with Crippen molar-refractivity contribution < 1.29 is 25.5 Å². The van der Waals surface area contributed by atoms with Crippen molar-refractivity contribution in [1.82, 2.24) is 10.6 Å². The van der Waals surface area contributed by atoms with Gasteiger partial charge in [0, 0.05) is 18.7 Å². The van der Waals surface area contributed by atoms with E-state index >= 15 is 0 Å². The SMILES string of the molecule is CCc1ccc(O)c(C(NCC(O)O)NCC(O)O)c1. The number of phenols is 1. The van der Waals surface area contributed by atoms with Crippen LogP contribution in [-0.4, -0.2) is 51.2 Å². The lowest BCUT2D eigenvalue weighted by Crippen LogP contribution is -2.41. The Hall–Kier alpha value is -1.22. The minimum atomic E-state index is -1.55. The summed E-state index contributed by atoms with van der Waals surface area (Å²) in [7, 11) is 0. The van der Waals surface area contributed by atoms with E-state index in [-0.39, 0.29) is 18.8 Å². The topological polar surface area (TPSA) is 125 Å². The van der Waals surface area contributed by atoms with Crippen LogP contribution in [0.15, 0.2) is 18.2 Å². The second-order valence-electron chi connectivity index (χ2n) is 4.46. The van der Waals surface area contributed by atoms with Crippen LogP contribution in [-0.2, 0) is 6.42 Å². The van der Waals surface area contributed by atoms with Gasteiger partial charge in [0.15, 0.2) is 12.6 Å². The molecule has 7 N–H and O–H groups in total. The number of benzene rings is 1. The number of aliphatic hydroxyl groups excluding tert-OH is 2. The van der Waals surface area contributed by atoms with E-state index in [1.165, 1.54) is 0 Å². The molecule has 0 spiro atoms. The van der Waals surface area contributed by atoms with Gasteiger partial charge >= 0.3 is 0 Å². The van der Waals surface area contributed by atoms with E-state index in [0.717, 1.165) is 12.0 Å². The predicted molar refractivity (Wildman–Crippen MR) is 72.7 cm³/mol. The highest BCUT2D eigenvalue weighted by molar-refractivity contribution is 5.38. The average Bonchev–Trinajstić information content (AvgIpc) is 2.39. The highest BCUT2D eigenvalue weighted by Crippen LogP contribution is 2.24. The van der Waals surface area contributed by atoms with E-state index in [1.54, 1.807) is 18.2 Å². The van der Waals surface area contributed by atoms with Crippen LogP contribution in [0.1, 0.15) is 24.2 Å². The Morgan fingerprint density at radius 2 is 1.55 bits per heavy atom. The normalized spacial score (nSPS) is 11.8. The number of hydrogen-bond acceptors (Lipinski definition) is 7. The van der Waals surface area contributed by atoms with Crippen molar-refractivity contribution in [3.63, 3.8) is 0 Å². The van der Waals surface area contributed by atoms with Gasteiger partial charge in [-0.1, -0.05) is 13.0 Å². The van der Waals surface area contributed by atoms with Crippen molar-refractivity contribution in [2.75, 3.05) is 13.1 Å². The molecular formula is C13H22N2O5. The Kier molecular flexibility index (Phi) is 6.86. The lowest BCUT2D eigenvalue weighted by atomic mass is 10.1. The number of rotatable bonds is 8. The molecule has 0 aliphatic heterocycles. The van der Waals surface area contributed by atoms with Crippen LogP contribution in [0.3, 0.4) is 0 Å². The molecule has 0 saturated heterocycles. The van der Waals surface area contributed by atoms with Gasteiger partial charge < -0.3 is 25.5 Å². The van der Waals surface area contributed by atoms with Crippen LogP contribution in [0.5, 0.6) is 5.75 Å². The van der Waals surface area contributed by atoms with Gasteiger partial charge in [-0.05, 0) is 24.1 Å². The smallest absolute Gasteiger partial charge is 0.164 e. The molecule has 1 aromatic carbocycles. The number of aliphatic hydroxyl groups is 4. The molecule has 114 valence electrons. The van der Waals surface area contributed by atoms with Gasteiger partial charge in [-0.25, -0.2) is 0 Å². The molecule has 0 aromatic heterocycles. The van der Waals surface area contributed by atoms with Gasteiger partial charge in [0.2, 0.25) is 0 Å². The van der Waals surface area contributed by atoms with Crippen molar-refractivity contribution in [1.29, 1.82) is 0 Å². The standard InChI is InChI=1S/C13H22N2O5/c1-2-8-3-4-10(16)9(5-8)13(14-6-11(17)18)15-7-12(19)20/h3-5,11-20H,2,6-7H2,1H3. The molecule has 7 nitrogen and oxygen atoms in total. The van der Waals surface area contributed by atoms with Crippen LogP contribution >= 0.6 is 0 Å². The minimum absolute atomic E-state index is 0.0343. The Morgan fingerprint density at radius 3 is 2.00 bits per heavy atom. The molecule has 0 bridgehead atoms. The van der Waals surface area contributed by atoms with Gasteiger partial charge in [-0.15, -0.1) is 0 Å². The number of phenolic OH excluding ortho intramolecular Hbond substituents is 1. The first-order valence-electron chi connectivity index (χ1n) is 6.44. The summed E-state index contributed by atoms with van der Waals surface area (Å²) in [6, 6.07) is 5.11. The van der Waals surface area contributed by atoms with E-state index in [1.807, 2.05) is 6.92 Å². The highest BCUT2D eigenvalue weighted by Gasteiger charge is 2.17. The van der Waals surface area contributed by atoms with Gasteiger partial charge in [-0.3, -0.25) is 10.6 Å². The van der Waals surface area contributed by atoms with Crippen LogP contribution in [0.25, 0.3) is 0 Å². The third kappa shape index (κ3) is 5.41. The fraction of sp³-hybridized carbons (Fsp3) is 0.538. The number of hydrogen-bond donors (Lipinski definition) is 7. The molecule has 0 amide bonds. The Bertz CT molecular complexity index is 400. The summed E-state index contributed by atoms with van der Waals surface area (Å²) in [5.41, 5.74) is 1.51. The number of aryl methyl sites for hydroxylation is 1. The first-order valence-corrected chi connectivity index (χ1v) is 6.44. The maximum Gasteiger partial charge on any atom is 0.164 e. The van der Waals surface area contributed by atoms with E-state index in [0.29, 0.717) is 5.56 Å². The molecule has 1 aromatic rings. The van der Waals surface area contributed by atoms with Crippen molar-refractivity contribution in [3.05, 3.63) is 29.3 Å². The average molecular weight is 286 g/mol. The largest absolute Gasteiger partial charge is 0.508 e. The molecule has 0 atom stereocenters. The van der Waals surface area contributed by atoms with Gasteiger partial charge in [0.05, 0.1) is 6.17 Å². The highest BCUT2D eigenvalue weighted by atomic mass is 16.5. The van der Waals surface area contributed by atoms with Crippen molar-refractivity contribution in [2.45, 2.75) is 32.1 Å². The fourth-order valence-electron chi connectivity index (χ4n) is 1.79. The van der Waals surface area contributed by atoms with Crippen molar-refractivity contribution >= 4 is 0 Å². The van der Waals surface area contributed by atoms with Crippen molar-refractivity contribution in [2.24, 2.45) is 0 Å². The third-order valence-corrected chi connectivity index (χ3v) is 2.82. The van der Waals surface area contributed by atoms with E-state index < -0.39 is 18.7 Å². The van der Waals surface area contributed by atoms with Gasteiger partial charge in [0.1, 0.15) is 5.75 Å². The molecule has 20 heavy (non-hydrogen) atoms. The lowest BCUT2D eigenvalue weighted by molar-refractivity contribution is -0.0463. The summed E-state index contributed by atoms with van der Waals surface area (Å²) in [6.07, 6.45) is -2.94. The molecule has 0 saturated carbocycles. The summed E-state index contributed by atoms with van der Waals surface area (Å²) < 4.78 is 0. The second-order valence-corrected chi connectivity index (χ2v) is 4.46. The Balaban J connectivity index is 2.89. The van der Waals surface area contributed by atoms with Gasteiger partial charge in [0.25, 0.3) is 0 Å². The molecule has 1 rings (SSSR count). The zero-order valence-electron chi connectivity index (χ0n) is 11.3. The molecular weight excluding hydrogens is 264 g/mol. The van der Waals surface area contributed by atoms with Gasteiger partial charge in [-0.2, -0.15) is 0 Å². The van der Waals surface area contributed by atoms with Crippen LogP contribution in [0.4, 0.5) is 0 Å². The Morgan fingerprint density at radius 1 is 1.00 bits per heavy atom. The summed E-state index contributed by atoms with van der Waals surface area (Å²) in [6.45, 7) is 1.71. The second kappa shape index (κ2) is 8.15. The van der Waals surface area contributed by atoms with Crippen LogP contribution in [0, 0.1) is 0 Å². The lowest BCUT2D eigenvalue weighted by Gasteiger charge is -2.23.